The molecular weight excluding hydrogens is 374 g/mol. The minimum atomic E-state index is -0.688. The molecule has 0 aliphatic heterocycles. The Morgan fingerprint density at radius 3 is 2.50 bits per heavy atom. The predicted molar refractivity (Wildman–Crippen MR) is 108 cm³/mol. The number of ether oxygens (including phenoxy) is 1. The van der Waals surface area contributed by atoms with Gasteiger partial charge in [-0.25, -0.2) is 9.78 Å². The first-order valence-electron chi connectivity index (χ1n) is 8.95. The van der Waals surface area contributed by atoms with Crippen LogP contribution in [0.2, 0.25) is 0 Å². The number of aryl methyl sites for hydroxylation is 2. The van der Waals surface area contributed by atoms with Crippen molar-refractivity contribution in [1.82, 2.24) is 4.98 Å². The molecule has 1 amide bonds. The number of hydrogen-bond donors (Lipinski definition) is 1. The summed E-state index contributed by atoms with van der Waals surface area (Å²) >= 11 is 1.32. The van der Waals surface area contributed by atoms with Crippen LogP contribution in [0.5, 0.6) is 0 Å². The SMILES string of the molecule is CSc1nc(C2CC2)cc(C(=O)OCC(=O)Nc2cc(C)cc(C)c2)c1C#N. The van der Waals surface area contributed by atoms with Crippen LogP contribution in [0.4, 0.5) is 5.69 Å². The maximum atomic E-state index is 12.6. The number of hydrogen-bond acceptors (Lipinski definition) is 6. The van der Waals surface area contributed by atoms with Crippen molar-refractivity contribution in [3.05, 3.63) is 52.2 Å². The van der Waals surface area contributed by atoms with Gasteiger partial charge in [-0.15, -0.1) is 11.8 Å². The zero-order chi connectivity index (χ0) is 20.3. The number of rotatable bonds is 6. The molecule has 3 rings (SSSR count). The van der Waals surface area contributed by atoms with Gasteiger partial charge in [0.1, 0.15) is 11.1 Å². The van der Waals surface area contributed by atoms with Gasteiger partial charge in [0.15, 0.2) is 6.61 Å². The van der Waals surface area contributed by atoms with E-state index in [0.717, 1.165) is 29.7 Å². The van der Waals surface area contributed by atoms with Crippen molar-refractivity contribution < 1.29 is 14.3 Å². The van der Waals surface area contributed by atoms with E-state index in [1.54, 1.807) is 6.07 Å². The Kier molecular flexibility index (Phi) is 6.00. The van der Waals surface area contributed by atoms with Crippen LogP contribution < -0.4 is 5.32 Å². The van der Waals surface area contributed by atoms with Gasteiger partial charge < -0.3 is 10.1 Å². The van der Waals surface area contributed by atoms with Gasteiger partial charge in [0.25, 0.3) is 5.91 Å². The molecule has 0 unspecified atom stereocenters. The summed E-state index contributed by atoms with van der Waals surface area (Å²) in [6.07, 6.45) is 3.87. The summed E-state index contributed by atoms with van der Waals surface area (Å²) in [5.41, 5.74) is 3.87. The van der Waals surface area contributed by atoms with Crippen molar-refractivity contribution in [3.63, 3.8) is 0 Å². The van der Waals surface area contributed by atoms with E-state index in [2.05, 4.69) is 10.3 Å². The molecule has 1 N–H and O–H groups in total. The predicted octanol–water partition coefficient (Wildman–Crippen LogP) is 3.96. The molecule has 0 radical (unpaired) electrons. The fraction of sp³-hybridized carbons (Fsp3) is 0.333. The van der Waals surface area contributed by atoms with E-state index in [9.17, 15) is 14.9 Å². The summed E-state index contributed by atoms with van der Waals surface area (Å²) in [5.74, 6) is -0.789. The van der Waals surface area contributed by atoms with Crippen LogP contribution in [-0.2, 0) is 9.53 Å². The molecule has 1 saturated carbocycles. The van der Waals surface area contributed by atoms with Gasteiger partial charge in [0, 0.05) is 17.3 Å². The van der Waals surface area contributed by atoms with Gasteiger partial charge in [0.2, 0.25) is 0 Å². The van der Waals surface area contributed by atoms with Crippen molar-refractivity contribution >= 4 is 29.3 Å². The summed E-state index contributed by atoms with van der Waals surface area (Å²) in [6.45, 7) is 3.46. The lowest BCUT2D eigenvalue weighted by atomic mass is 10.1. The number of aromatic nitrogens is 1. The number of esters is 1. The molecule has 144 valence electrons. The molecule has 7 heteroatoms. The van der Waals surface area contributed by atoms with Crippen molar-refractivity contribution in [2.75, 3.05) is 18.2 Å². The fourth-order valence-electron chi connectivity index (χ4n) is 3.00. The molecule has 1 aromatic heterocycles. The van der Waals surface area contributed by atoms with Crippen molar-refractivity contribution in [1.29, 1.82) is 5.26 Å². The number of carbonyl (C=O) groups excluding carboxylic acids is 2. The smallest absolute Gasteiger partial charge is 0.340 e. The monoisotopic (exact) mass is 395 g/mol. The number of benzene rings is 1. The second-order valence-electron chi connectivity index (χ2n) is 6.87. The van der Waals surface area contributed by atoms with Gasteiger partial charge in [-0.3, -0.25) is 4.79 Å². The van der Waals surface area contributed by atoms with E-state index in [1.807, 2.05) is 44.4 Å². The minimum Gasteiger partial charge on any atom is -0.452 e. The van der Waals surface area contributed by atoms with E-state index < -0.39 is 18.5 Å². The molecule has 1 aromatic carbocycles. The number of amides is 1. The molecule has 6 nitrogen and oxygen atoms in total. The Balaban J connectivity index is 1.71. The van der Waals surface area contributed by atoms with Crippen molar-refractivity contribution in [2.24, 2.45) is 0 Å². The standard InChI is InChI=1S/C21H21N3O3S/c1-12-6-13(2)8-15(7-12)23-19(25)11-27-21(26)16-9-18(14-4-5-14)24-20(28-3)17(16)10-22/h6-9,14H,4-5,11H2,1-3H3,(H,23,25). The van der Waals surface area contributed by atoms with Gasteiger partial charge in [-0.2, -0.15) is 5.26 Å². The number of anilines is 1. The van der Waals surface area contributed by atoms with E-state index in [0.29, 0.717) is 16.6 Å². The summed E-state index contributed by atoms with van der Waals surface area (Å²) in [5, 5.41) is 12.7. The Morgan fingerprint density at radius 1 is 1.25 bits per heavy atom. The lowest BCUT2D eigenvalue weighted by Gasteiger charge is -2.11. The van der Waals surface area contributed by atoms with E-state index in [1.165, 1.54) is 11.8 Å². The first kappa shape index (κ1) is 19.9. The Morgan fingerprint density at radius 2 is 1.93 bits per heavy atom. The third kappa shape index (κ3) is 4.70. The molecular formula is C21H21N3O3S. The quantitative estimate of drug-likeness (QED) is 0.588. The molecule has 0 spiro atoms. The second kappa shape index (κ2) is 8.44. The lowest BCUT2D eigenvalue weighted by molar-refractivity contribution is -0.119. The summed E-state index contributed by atoms with van der Waals surface area (Å²) in [4.78, 5) is 29.2. The van der Waals surface area contributed by atoms with E-state index in [-0.39, 0.29) is 11.1 Å². The largest absolute Gasteiger partial charge is 0.452 e. The minimum absolute atomic E-state index is 0.169. The Bertz CT molecular complexity index is 957. The highest BCUT2D eigenvalue weighted by molar-refractivity contribution is 7.98. The number of nitrogens with zero attached hydrogens (tertiary/aromatic N) is 2. The molecule has 1 fully saturated rings. The van der Waals surface area contributed by atoms with Crippen LogP contribution in [-0.4, -0.2) is 29.7 Å². The average molecular weight is 395 g/mol. The van der Waals surface area contributed by atoms with Crippen LogP contribution in [0.15, 0.2) is 29.3 Å². The van der Waals surface area contributed by atoms with Gasteiger partial charge in [-0.05, 0) is 62.3 Å². The lowest BCUT2D eigenvalue weighted by Crippen LogP contribution is -2.21. The maximum Gasteiger partial charge on any atom is 0.340 e. The highest BCUT2D eigenvalue weighted by Crippen LogP contribution is 2.40. The topological polar surface area (TPSA) is 92.1 Å². The number of thioether (sulfide) groups is 1. The molecule has 2 aromatic rings. The highest BCUT2D eigenvalue weighted by Gasteiger charge is 2.29. The summed E-state index contributed by atoms with van der Waals surface area (Å²) in [7, 11) is 0. The maximum absolute atomic E-state index is 12.6. The van der Waals surface area contributed by atoms with E-state index in [4.69, 9.17) is 4.74 Å². The molecule has 1 heterocycles. The fourth-order valence-corrected chi connectivity index (χ4v) is 3.55. The zero-order valence-electron chi connectivity index (χ0n) is 16.0. The molecule has 28 heavy (non-hydrogen) atoms. The summed E-state index contributed by atoms with van der Waals surface area (Å²) < 4.78 is 5.18. The first-order valence-corrected chi connectivity index (χ1v) is 10.2. The zero-order valence-corrected chi connectivity index (χ0v) is 16.9. The first-order chi connectivity index (χ1) is 13.4. The van der Waals surface area contributed by atoms with Gasteiger partial charge >= 0.3 is 5.97 Å². The Labute approximate surface area is 168 Å². The van der Waals surface area contributed by atoms with Crippen LogP contribution in [0.3, 0.4) is 0 Å². The summed E-state index contributed by atoms with van der Waals surface area (Å²) in [6, 6.07) is 9.35. The molecule has 0 bridgehead atoms. The Hall–Kier alpha value is -2.85. The second-order valence-corrected chi connectivity index (χ2v) is 7.66. The van der Waals surface area contributed by atoms with Crippen LogP contribution in [0.1, 0.15) is 51.5 Å². The highest BCUT2D eigenvalue weighted by atomic mass is 32.2. The number of pyridine rings is 1. The van der Waals surface area contributed by atoms with Crippen molar-refractivity contribution in [3.8, 4) is 6.07 Å². The van der Waals surface area contributed by atoms with E-state index >= 15 is 0 Å². The molecule has 1 aliphatic rings. The molecule has 0 saturated heterocycles. The van der Waals surface area contributed by atoms with Crippen LogP contribution in [0, 0.1) is 25.2 Å². The van der Waals surface area contributed by atoms with Gasteiger partial charge in [-0.1, -0.05) is 6.07 Å². The third-order valence-electron chi connectivity index (χ3n) is 4.37. The number of carbonyl (C=O) groups is 2. The average Bonchev–Trinajstić information content (AvgIpc) is 3.49. The molecule has 1 aliphatic carbocycles. The third-order valence-corrected chi connectivity index (χ3v) is 5.05. The van der Waals surface area contributed by atoms with Crippen molar-refractivity contribution in [2.45, 2.75) is 37.6 Å². The molecule has 0 atom stereocenters. The number of nitriles is 1. The normalized spacial score (nSPS) is 12.9. The van der Waals surface area contributed by atoms with Gasteiger partial charge in [0.05, 0.1) is 11.1 Å². The van der Waals surface area contributed by atoms with Crippen LogP contribution in [0.25, 0.3) is 0 Å². The number of nitrogens with one attached hydrogen (secondary N) is 1. The van der Waals surface area contributed by atoms with Crippen LogP contribution >= 0.6 is 11.8 Å².